The molecule has 24 heavy (non-hydrogen) atoms. The third-order valence-corrected chi connectivity index (χ3v) is 4.77. The quantitative estimate of drug-likeness (QED) is 0.793. The van der Waals surface area contributed by atoms with Gasteiger partial charge in [0, 0.05) is 41.8 Å². The lowest BCUT2D eigenvalue weighted by Gasteiger charge is -2.30. The number of carboxylic acids is 1. The minimum absolute atomic E-state index is 0.128. The molecule has 0 spiro atoms. The Morgan fingerprint density at radius 2 is 2.08 bits per heavy atom. The Balaban J connectivity index is 1.50. The number of hydrogen-bond donors (Lipinski definition) is 3. The van der Waals surface area contributed by atoms with E-state index in [2.05, 4.69) is 10.3 Å². The van der Waals surface area contributed by atoms with Crippen LogP contribution in [0.3, 0.4) is 0 Å². The molecule has 0 aliphatic carbocycles. The number of benzene rings is 1. The monoisotopic (exact) mass is 349 g/mol. The molecule has 7 heteroatoms. The summed E-state index contributed by atoms with van der Waals surface area (Å²) in [6, 6.07) is 5.57. The number of amides is 2. The predicted octanol–water partition coefficient (Wildman–Crippen LogP) is 2.87. The van der Waals surface area contributed by atoms with Crippen LogP contribution < -0.4 is 5.32 Å². The highest BCUT2D eigenvalue weighted by Gasteiger charge is 2.26. The van der Waals surface area contributed by atoms with Gasteiger partial charge in [-0.15, -0.1) is 0 Å². The molecule has 0 atom stereocenters. The third-order valence-electron chi connectivity index (χ3n) is 4.53. The van der Waals surface area contributed by atoms with Crippen LogP contribution in [0.5, 0.6) is 0 Å². The molecule has 0 bridgehead atoms. The van der Waals surface area contributed by atoms with E-state index in [1.807, 2.05) is 24.4 Å². The van der Waals surface area contributed by atoms with Gasteiger partial charge < -0.3 is 20.3 Å². The molecule has 1 aromatic heterocycles. The van der Waals surface area contributed by atoms with Gasteiger partial charge >= 0.3 is 12.0 Å². The Bertz CT molecular complexity index is 751. The molecule has 2 aromatic rings. The zero-order valence-electron chi connectivity index (χ0n) is 13.2. The number of aromatic nitrogens is 1. The molecular weight excluding hydrogens is 330 g/mol. The molecule has 0 saturated carbocycles. The number of aromatic amines is 1. The number of piperidine rings is 1. The van der Waals surface area contributed by atoms with E-state index in [4.69, 9.17) is 16.7 Å². The van der Waals surface area contributed by atoms with Crippen LogP contribution in [-0.2, 0) is 11.2 Å². The number of aliphatic carboxylic acids is 1. The molecule has 0 unspecified atom stereocenters. The summed E-state index contributed by atoms with van der Waals surface area (Å²) in [6.07, 6.45) is 3.68. The van der Waals surface area contributed by atoms with E-state index in [0.29, 0.717) is 43.9 Å². The maximum absolute atomic E-state index is 12.2. The average Bonchev–Trinajstić information content (AvgIpc) is 2.97. The number of carboxylic acid groups (broad SMARTS) is 1. The smallest absolute Gasteiger partial charge is 0.317 e. The summed E-state index contributed by atoms with van der Waals surface area (Å²) >= 11 is 6.04. The molecule has 2 amide bonds. The Morgan fingerprint density at radius 1 is 1.33 bits per heavy atom. The largest absolute Gasteiger partial charge is 0.481 e. The van der Waals surface area contributed by atoms with Crippen molar-refractivity contribution in [3.63, 3.8) is 0 Å². The lowest BCUT2D eigenvalue weighted by Crippen LogP contribution is -2.45. The van der Waals surface area contributed by atoms with Crippen LogP contribution in [0.15, 0.2) is 24.4 Å². The summed E-state index contributed by atoms with van der Waals surface area (Å²) < 4.78 is 0. The number of carbonyl (C=O) groups is 2. The summed E-state index contributed by atoms with van der Waals surface area (Å²) in [5.41, 5.74) is 2.13. The summed E-state index contributed by atoms with van der Waals surface area (Å²) in [4.78, 5) is 28.0. The number of hydrogen-bond acceptors (Lipinski definition) is 2. The minimum Gasteiger partial charge on any atom is -0.481 e. The van der Waals surface area contributed by atoms with Gasteiger partial charge in [-0.2, -0.15) is 0 Å². The molecule has 1 aromatic carbocycles. The third kappa shape index (κ3) is 3.64. The van der Waals surface area contributed by atoms with Crippen molar-refractivity contribution >= 4 is 34.5 Å². The zero-order valence-corrected chi connectivity index (χ0v) is 14.0. The maximum Gasteiger partial charge on any atom is 0.317 e. The van der Waals surface area contributed by atoms with Crippen LogP contribution in [-0.4, -0.2) is 46.6 Å². The lowest BCUT2D eigenvalue weighted by molar-refractivity contribution is -0.143. The van der Waals surface area contributed by atoms with Crippen molar-refractivity contribution in [3.05, 3.63) is 35.0 Å². The molecule has 1 saturated heterocycles. The first-order valence-corrected chi connectivity index (χ1v) is 8.43. The fourth-order valence-electron chi connectivity index (χ4n) is 3.10. The van der Waals surface area contributed by atoms with E-state index < -0.39 is 5.97 Å². The van der Waals surface area contributed by atoms with Crippen molar-refractivity contribution in [2.45, 2.75) is 19.3 Å². The molecule has 2 heterocycles. The maximum atomic E-state index is 12.2. The fourth-order valence-corrected chi connectivity index (χ4v) is 3.28. The first-order valence-electron chi connectivity index (χ1n) is 8.05. The summed E-state index contributed by atoms with van der Waals surface area (Å²) in [7, 11) is 0. The number of urea groups is 1. The van der Waals surface area contributed by atoms with E-state index in [-0.39, 0.29) is 11.9 Å². The van der Waals surface area contributed by atoms with Crippen LogP contribution in [0.4, 0.5) is 4.79 Å². The Hall–Kier alpha value is -2.21. The van der Waals surface area contributed by atoms with Crippen molar-refractivity contribution in [1.29, 1.82) is 0 Å². The Morgan fingerprint density at radius 3 is 2.79 bits per heavy atom. The molecule has 1 aliphatic rings. The van der Waals surface area contributed by atoms with Gasteiger partial charge in [0.25, 0.3) is 0 Å². The highest BCUT2D eigenvalue weighted by atomic mass is 35.5. The molecule has 3 rings (SSSR count). The first kappa shape index (κ1) is 16.6. The van der Waals surface area contributed by atoms with E-state index >= 15 is 0 Å². The SMILES string of the molecule is O=C(O)C1CCN(C(=O)NCCc2c[nH]c3ccc(Cl)cc23)CC1. The van der Waals surface area contributed by atoms with Crippen molar-refractivity contribution in [1.82, 2.24) is 15.2 Å². The molecular formula is C17H20ClN3O3. The second kappa shape index (κ2) is 7.13. The molecule has 128 valence electrons. The topological polar surface area (TPSA) is 85.4 Å². The summed E-state index contributed by atoms with van der Waals surface area (Å²) in [6.45, 7) is 1.51. The number of halogens is 1. The second-order valence-corrected chi connectivity index (χ2v) is 6.52. The number of nitrogens with one attached hydrogen (secondary N) is 2. The van der Waals surface area contributed by atoms with Crippen molar-refractivity contribution in [3.8, 4) is 0 Å². The predicted molar refractivity (Wildman–Crippen MR) is 92.3 cm³/mol. The van der Waals surface area contributed by atoms with Gasteiger partial charge in [0.05, 0.1) is 5.92 Å². The highest BCUT2D eigenvalue weighted by molar-refractivity contribution is 6.31. The van der Waals surface area contributed by atoms with Crippen LogP contribution in [0.1, 0.15) is 18.4 Å². The van der Waals surface area contributed by atoms with Crippen molar-refractivity contribution in [2.75, 3.05) is 19.6 Å². The number of likely N-dealkylation sites (tertiary alicyclic amines) is 1. The fraction of sp³-hybridized carbons (Fsp3) is 0.412. The molecule has 3 N–H and O–H groups in total. The molecule has 1 fully saturated rings. The standard InChI is InChI=1S/C17H20ClN3O3/c18-13-1-2-15-14(9-13)12(10-20-15)3-6-19-17(24)21-7-4-11(5-8-21)16(22)23/h1-2,9-11,20H,3-8H2,(H,19,24)(H,22,23). The summed E-state index contributed by atoms with van der Waals surface area (Å²) in [5, 5.41) is 13.6. The molecule has 0 radical (unpaired) electrons. The first-order chi connectivity index (χ1) is 11.5. The normalized spacial score (nSPS) is 15.6. The zero-order chi connectivity index (χ0) is 17.1. The van der Waals surface area contributed by atoms with Crippen molar-refractivity contribution < 1.29 is 14.7 Å². The number of fused-ring (bicyclic) bond motifs is 1. The minimum atomic E-state index is -0.770. The van der Waals surface area contributed by atoms with Crippen molar-refractivity contribution in [2.24, 2.45) is 5.92 Å². The highest BCUT2D eigenvalue weighted by Crippen LogP contribution is 2.22. The van der Waals surface area contributed by atoms with Gasteiger partial charge in [0.1, 0.15) is 0 Å². The Kier molecular flexibility index (Phi) is 4.94. The van der Waals surface area contributed by atoms with E-state index in [1.165, 1.54) is 0 Å². The lowest BCUT2D eigenvalue weighted by atomic mass is 9.97. The van der Waals surface area contributed by atoms with Gasteiger partial charge in [-0.05, 0) is 43.0 Å². The van der Waals surface area contributed by atoms with E-state index in [0.717, 1.165) is 16.5 Å². The number of nitrogens with zero attached hydrogens (tertiary/aromatic N) is 1. The van der Waals surface area contributed by atoms with Gasteiger partial charge in [0.2, 0.25) is 0 Å². The molecule has 1 aliphatic heterocycles. The van der Waals surface area contributed by atoms with Gasteiger partial charge in [-0.25, -0.2) is 4.79 Å². The van der Waals surface area contributed by atoms with Crippen LogP contribution >= 0.6 is 11.6 Å². The van der Waals surface area contributed by atoms with E-state index in [1.54, 1.807) is 4.90 Å². The number of carbonyl (C=O) groups excluding carboxylic acids is 1. The number of rotatable bonds is 4. The average molecular weight is 350 g/mol. The van der Waals surface area contributed by atoms with Crippen LogP contribution in [0.25, 0.3) is 10.9 Å². The Labute approximate surface area is 144 Å². The van der Waals surface area contributed by atoms with E-state index in [9.17, 15) is 9.59 Å². The van der Waals surface area contributed by atoms with Gasteiger partial charge in [-0.1, -0.05) is 11.6 Å². The number of H-pyrrole nitrogens is 1. The van der Waals surface area contributed by atoms with Gasteiger partial charge in [0.15, 0.2) is 0 Å². The van der Waals surface area contributed by atoms with Gasteiger partial charge in [-0.3, -0.25) is 4.79 Å². The summed E-state index contributed by atoms with van der Waals surface area (Å²) in [5.74, 6) is -1.10. The second-order valence-electron chi connectivity index (χ2n) is 6.09. The van der Waals surface area contributed by atoms with Crippen LogP contribution in [0, 0.1) is 5.92 Å². The van der Waals surface area contributed by atoms with Crippen LogP contribution in [0.2, 0.25) is 5.02 Å². The molecule has 6 nitrogen and oxygen atoms in total.